The number of imidazole rings is 1. The van der Waals surface area contributed by atoms with Gasteiger partial charge in [0.05, 0.1) is 16.7 Å². The molecule has 1 aromatic carbocycles. The SMILES string of the molecule is CCC1(CC)C(=O)Nc2nc(-c3cn4ccnc4c(Cc4ccccc4)n3)nc(N)c21. The molecule has 0 bridgehead atoms. The van der Waals surface area contributed by atoms with E-state index in [1.165, 1.54) is 0 Å². The lowest BCUT2D eigenvalue weighted by atomic mass is 9.77. The maximum atomic E-state index is 12.8. The third kappa shape index (κ3) is 2.94. The van der Waals surface area contributed by atoms with Crippen molar-refractivity contribution in [2.24, 2.45) is 0 Å². The minimum Gasteiger partial charge on any atom is -0.383 e. The van der Waals surface area contributed by atoms with Gasteiger partial charge in [-0.25, -0.2) is 19.9 Å². The van der Waals surface area contributed by atoms with E-state index >= 15 is 0 Å². The highest BCUT2D eigenvalue weighted by molar-refractivity contribution is 6.06. The van der Waals surface area contributed by atoms with Gasteiger partial charge in [-0.05, 0) is 18.4 Å². The minimum absolute atomic E-state index is 0.0755. The number of carbonyl (C=O) groups excluding carboxylic acids is 1. The van der Waals surface area contributed by atoms with Crippen LogP contribution in [-0.2, 0) is 16.6 Å². The third-order valence-electron chi connectivity index (χ3n) is 6.18. The number of fused-ring (bicyclic) bond motifs is 2. The third-order valence-corrected chi connectivity index (χ3v) is 6.18. The van der Waals surface area contributed by atoms with Gasteiger partial charge < -0.3 is 15.5 Å². The van der Waals surface area contributed by atoms with Crippen LogP contribution < -0.4 is 11.1 Å². The van der Waals surface area contributed by atoms with Gasteiger partial charge in [0.1, 0.15) is 17.3 Å². The van der Waals surface area contributed by atoms with Gasteiger partial charge in [-0.15, -0.1) is 0 Å². The molecule has 0 spiro atoms. The summed E-state index contributed by atoms with van der Waals surface area (Å²) in [5.74, 6) is 1.10. The summed E-state index contributed by atoms with van der Waals surface area (Å²) in [4.78, 5) is 31.2. The highest BCUT2D eigenvalue weighted by atomic mass is 16.2. The van der Waals surface area contributed by atoms with Crippen molar-refractivity contribution < 1.29 is 4.79 Å². The molecule has 0 radical (unpaired) electrons. The first-order valence-electron chi connectivity index (χ1n) is 10.4. The molecule has 0 aliphatic carbocycles. The van der Waals surface area contributed by atoms with Gasteiger partial charge in [0.15, 0.2) is 11.5 Å². The van der Waals surface area contributed by atoms with Crippen LogP contribution in [0.5, 0.6) is 0 Å². The van der Waals surface area contributed by atoms with E-state index in [0.717, 1.165) is 16.9 Å². The molecule has 8 heteroatoms. The number of hydrogen-bond donors (Lipinski definition) is 2. The molecule has 1 aliphatic heterocycles. The van der Waals surface area contributed by atoms with E-state index in [4.69, 9.17) is 10.7 Å². The first kappa shape index (κ1) is 19.2. The fraction of sp³-hybridized carbons (Fsp3) is 0.261. The van der Waals surface area contributed by atoms with Gasteiger partial charge in [0, 0.05) is 25.0 Å². The normalized spacial score (nSPS) is 14.6. The van der Waals surface area contributed by atoms with Crippen LogP contribution in [0.15, 0.2) is 48.9 Å². The number of nitrogens with one attached hydrogen (secondary N) is 1. The minimum atomic E-state index is -0.682. The van der Waals surface area contributed by atoms with Gasteiger partial charge in [-0.2, -0.15) is 0 Å². The van der Waals surface area contributed by atoms with Gasteiger partial charge >= 0.3 is 0 Å². The van der Waals surface area contributed by atoms with Crippen LogP contribution in [0, 0.1) is 0 Å². The van der Waals surface area contributed by atoms with Gasteiger partial charge in [-0.3, -0.25) is 4.79 Å². The standard InChI is InChI=1S/C23H23N7O/c1-3-23(4-2)17-18(24)27-19(28-20(17)29-22(23)31)16-13-30-11-10-25-21(30)15(26-16)12-14-8-6-5-7-9-14/h5-11,13H,3-4,12H2,1-2H3,(H3,24,27,28,29,31). The fourth-order valence-corrected chi connectivity index (χ4v) is 4.43. The molecule has 5 rings (SSSR count). The van der Waals surface area contributed by atoms with E-state index in [0.29, 0.717) is 48.0 Å². The number of rotatable bonds is 5. The van der Waals surface area contributed by atoms with E-state index in [-0.39, 0.29) is 5.91 Å². The van der Waals surface area contributed by atoms with Crippen LogP contribution in [0.4, 0.5) is 11.6 Å². The zero-order chi connectivity index (χ0) is 21.6. The Bertz CT molecular complexity index is 1290. The number of nitrogen functional groups attached to an aromatic ring is 1. The van der Waals surface area contributed by atoms with Gasteiger partial charge in [-0.1, -0.05) is 44.2 Å². The smallest absolute Gasteiger partial charge is 0.236 e. The summed E-state index contributed by atoms with van der Waals surface area (Å²) in [6.07, 6.45) is 7.34. The lowest BCUT2D eigenvalue weighted by molar-refractivity contribution is -0.121. The van der Waals surface area contributed by atoms with Crippen molar-refractivity contribution >= 4 is 23.2 Å². The Balaban J connectivity index is 1.63. The quantitative estimate of drug-likeness (QED) is 0.519. The average molecular weight is 413 g/mol. The molecule has 4 heterocycles. The number of aromatic nitrogens is 5. The Morgan fingerprint density at radius 2 is 1.87 bits per heavy atom. The molecule has 1 aliphatic rings. The Labute approximate surface area is 179 Å². The van der Waals surface area contributed by atoms with Crippen molar-refractivity contribution in [1.29, 1.82) is 0 Å². The Hall–Kier alpha value is -3.81. The lowest BCUT2D eigenvalue weighted by Crippen LogP contribution is -2.33. The van der Waals surface area contributed by atoms with E-state index in [9.17, 15) is 4.79 Å². The van der Waals surface area contributed by atoms with Crippen LogP contribution in [0.2, 0.25) is 0 Å². The maximum absolute atomic E-state index is 12.8. The predicted octanol–water partition coefficient (Wildman–Crippen LogP) is 3.37. The lowest BCUT2D eigenvalue weighted by Gasteiger charge is -2.24. The van der Waals surface area contributed by atoms with Crippen molar-refractivity contribution in [3.63, 3.8) is 0 Å². The van der Waals surface area contributed by atoms with Crippen molar-refractivity contribution in [2.75, 3.05) is 11.1 Å². The second kappa shape index (κ2) is 7.16. The zero-order valence-corrected chi connectivity index (χ0v) is 17.5. The average Bonchev–Trinajstić information content (AvgIpc) is 3.36. The number of amides is 1. The summed E-state index contributed by atoms with van der Waals surface area (Å²) in [5.41, 5.74) is 9.68. The second-order valence-electron chi connectivity index (χ2n) is 7.79. The second-order valence-corrected chi connectivity index (χ2v) is 7.79. The molecule has 4 aromatic rings. The molecule has 0 saturated carbocycles. The largest absolute Gasteiger partial charge is 0.383 e. The molecule has 156 valence electrons. The Morgan fingerprint density at radius 1 is 1.10 bits per heavy atom. The molecule has 0 saturated heterocycles. The molecule has 0 unspecified atom stereocenters. The highest BCUT2D eigenvalue weighted by Gasteiger charge is 2.47. The number of anilines is 2. The number of hydrogen-bond acceptors (Lipinski definition) is 6. The first-order valence-corrected chi connectivity index (χ1v) is 10.4. The zero-order valence-electron chi connectivity index (χ0n) is 17.5. The molecule has 3 aromatic heterocycles. The summed E-state index contributed by atoms with van der Waals surface area (Å²) < 4.78 is 1.91. The van der Waals surface area contributed by atoms with Crippen molar-refractivity contribution in [2.45, 2.75) is 38.5 Å². The van der Waals surface area contributed by atoms with E-state index in [1.54, 1.807) is 6.20 Å². The molecule has 3 N–H and O–H groups in total. The van der Waals surface area contributed by atoms with Crippen LogP contribution in [0.25, 0.3) is 17.2 Å². The van der Waals surface area contributed by atoms with Gasteiger partial charge in [0.25, 0.3) is 0 Å². The van der Waals surface area contributed by atoms with Crippen LogP contribution in [0.1, 0.15) is 43.5 Å². The monoisotopic (exact) mass is 413 g/mol. The van der Waals surface area contributed by atoms with Crippen LogP contribution in [-0.4, -0.2) is 30.2 Å². The van der Waals surface area contributed by atoms with Crippen LogP contribution in [0.3, 0.4) is 0 Å². The van der Waals surface area contributed by atoms with E-state index in [2.05, 4.69) is 32.4 Å². The number of nitrogens with zero attached hydrogens (tertiary/aromatic N) is 5. The highest BCUT2D eigenvalue weighted by Crippen LogP contribution is 2.44. The number of carbonyl (C=O) groups is 1. The summed E-state index contributed by atoms with van der Waals surface area (Å²) in [6, 6.07) is 10.1. The number of nitrogens with two attached hydrogens (primary N) is 1. The van der Waals surface area contributed by atoms with Crippen molar-refractivity contribution in [3.8, 4) is 11.5 Å². The first-order chi connectivity index (χ1) is 15.1. The fourth-order valence-electron chi connectivity index (χ4n) is 4.43. The molecule has 31 heavy (non-hydrogen) atoms. The van der Waals surface area contributed by atoms with Crippen LogP contribution >= 0.6 is 0 Å². The predicted molar refractivity (Wildman–Crippen MR) is 119 cm³/mol. The summed E-state index contributed by atoms with van der Waals surface area (Å²) >= 11 is 0. The summed E-state index contributed by atoms with van der Waals surface area (Å²) in [7, 11) is 0. The van der Waals surface area contributed by atoms with Gasteiger partial charge in [0.2, 0.25) is 5.91 Å². The molecular formula is C23H23N7O. The summed E-state index contributed by atoms with van der Waals surface area (Å²) in [6.45, 7) is 3.96. The molecule has 0 fully saturated rings. The maximum Gasteiger partial charge on any atom is 0.236 e. The summed E-state index contributed by atoms with van der Waals surface area (Å²) in [5, 5.41) is 2.91. The molecule has 8 nitrogen and oxygen atoms in total. The Kier molecular flexibility index (Phi) is 4.43. The molecule has 1 amide bonds. The molecular weight excluding hydrogens is 390 g/mol. The molecule has 0 atom stereocenters. The van der Waals surface area contributed by atoms with E-state index in [1.807, 2.05) is 48.8 Å². The van der Waals surface area contributed by atoms with Crippen molar-refractivity contribution in [1.82, 2.24) is 24.3 Å². The number of benzene rings is 1. The topological polar surface area (TPSA) is 111 Å². The van der Waals surface area contributed by atoms with E-state index < -0.39 is 5.41 Å². The Morgan fingerprint density at radius 3 is 2.61 bits per heavy atom. The van der Waals surface area contributed by atoms with Crippen molar-refractivity contribution in [3.05, 3.63) is 65.7 Å².